The molecule has 0 amide bonds. The van der Waals surface area contributed by atoms with Crippen molar-refractivity contribution in [2.45, 2.75) is 65.7 Å². The zero-order valence-electron chi connectivity index (χ0n) is 63.0. The van der Waals surface area contributed by atoms with E-state index in [1.165, 1.54) is 29.8 Å². The minimum absolute atomic E-state index is 0.524. The normalized spacial score (nSPS) is 11.3. The van der Waals surface area contributed by atoms with Crippen molar-refractivity contribution in [1.82, 2.24) is 0 Å². The number of nitrogens with one attached hydrogen (secondary N) is 1. The van der Waals surface area contributed by atoms with Crippen LogP contribution in [-0.4, -0.2) is 58.6 Å². The highest BCUT2D eigenvalue weighted by molar-refractivity contribution is 7.98. The topological polar surface area (TPSA) is 171 Å². The standard InChI is InChI=1S/C36H30N4.C31H28N4S.C29H30N4/c1-3-39(4-2)36-34(25-37)32(27-14-8-5-9-15-27)24-33(35(36)26-38)28-20-22-31(23-21-28)40(29-16-10-6-11-17-29)30-18-12-7-13-19-30;1-4-35(5-2)31-29(20-32)27(22-9-7-6-8-10-22)19-28(30(31)21-33)23-11-13-24(14-12-23)34-25-15-17-26(36-3)18-16-25;1-3-32(4-2)29-27(20-30)25(22-11-7-5-8-12-22)19-26(28(29)21-31)23-13-15-24(16-14-23)33-17-9-6-10-18-33/h5-24H,3-4H2,1-2H3;6-19,34H,4-5H2,1-3H3;5,7-8,11-16,19H,3-4,6,9-10,17-18H2,1-2H3. The van der Waals surface area contributed by atoms with Crippen LogP contribution in [-0.2, 0) is 0 Å². The number of anilines is 9. The molecule has 1 saturated heterocycles. The van der Waals surface area contributed by atoms with Gasteiger partial charge in [-0.25, -0.2) is 0 Å². The summed E-state index contributed by atoms with van der Waals surface area (Å²) in [6.45, 7) is 18.8. The molecular weight excluding hydrogens is 1350 g/mol. The molecule has 12 aromatic rings. The molecule has 109 heavy (non-hydrogen) atoms. The second kappa shape index (κ2) is 37.6. The van der Waals surface area contributed by atoms with Gasteiger partial charge in [0.05, 0.1) is 50.4 Å². The third kappa shape index (κ3) is 17.3. The lowest BCUT2D eigenvalue weighted by atomic mass is 9.88. The monoisotopic (exact) mass is 1440 g/mol. The highest BCUT2D eigenvalue weighted by atomic mass is 32.2. The van der Waals surface area contributed by atoms with Crippen LogP contribution in [0.4, 0.5) is 51.2 Å². The second-order valence-electron chi connectivity index (χ2n) is 26.1. The fraction of sp³-hybridized carbons (Fsp3) is 0.188. The molecule has 0 unspecified atom stereocenters. The zero-order valence-corrected chi connectivity index (χ0v) is 63.8. The van der Waals surface area contributed by atoms with Gasteiger partial charge in [-0.3, -0.25) is 0 Å². The van der Waals surface area contributed by atoms with E-state index >= 15 is 0 Å². The summed E-state index contributed by atoms with van der Waals surface area (Å²) in [7, 11) is 0. The van der Waals surface area contributed by atoms with Gasteiger partial charge in [0, 0.05) is 125 Å². The van der Waals surface area contributed by atoms with Crippen molar-refractivity contribution in [3.8, 4) is 103 Å². The number of nitriles is 6. The molecule has 13 rings (SSSR count). The average molecular weight is 1440 g/mol. The summed E-state index contributed by atoms with van der Waals surface area (Å²) in [6, 6.07) is 104. The molecule has 1 heterocycles. The molecule has 1 aliphatic heterocycles. The molecule has 1 N–H and O–H groups in total. The molecule has 538 valence electrons. The number of rotatable bonds is 22. The van der Waals surface area contributed by atoms with Gasteiger partial charge in [0.25, 0.3) is 0 Å². The summed E-state index contributed by atoms with van der Waals surface area (Å²) >= 11 is 1.72. The van der Waals surface area contributed by atoms with E-state index in [0.29, 0.717) is 70.9 Å². The Morgan fingerprint density at radius 2 is 0.569 bits per heavy atom. The molecule has 13 heteroatoms. The summed E-state index contributed by atoms with van der Waals surface area (Å²) < 4.78 is 0. The summed E-state index contributed by atoms with van der Waals surface area (Å²) in [5.74, 6) is 0. The first-order chi connectivity index (χ1) is 53.5. The van der Waals surface area contributed by atoms with Gasteiger partial charge in [-0.2, -0.15) is 31.6 Å². The quantitative estimate of drug-likeness (QED) is 0.0636. The Kier molecular flexibility index (Phi) is 26.5. The lowest BCUT2D eigenvalue weighted by molar-refractivity contribution is 0.578. The molecule has 0 radical (unpaired) electrons. The predicted molar refractivity (Wildman–Crippen MR) is 453 cm³/mol. The smallest absolute Gasteiger partial charge is 0.102 e. The van der Waals surface area contributed by atoms with Gasteiger partial charge >= 0.3 is 0 Å². The SMILES string of the molecule is CCN(CC)c1c(C#N)c(-c2ccccc2)cc(-c2ccc(N(c3ccccc3)c3ccccc3)cc2)c1C#N.CCN(CC)c1c(C#N)c(-c2ccccc2)cc(-c2ccc(N3CCCCC3)cc2)c1C#N.CCN(CC)c1c(C#N)c(-c2ccccc2)cc(-c2ccc(Nc3ccc(SC)cc3)cc2)c1C#N. The van der Waals surface area contributed by atoms with Crippen LogP contribution >= 0.6 is 11.8 Å². The van der Waals surface area contributed by atoms with Gasteiger partial charge in [-0.15, -0.1) is 11.8 Å². The number of thioether (sulfide) groups is 1. The molecule has 0 spiro atoms. The number of para-hydroxylation sites is 2. The first-order valence-electron chi connectivity index (χ1n) is 37.4. The number of hydrogen-bond acceptors (Lipinski definition) is 13. The highest BCUT2D eigenvalue weighted by Crippen LogP contribution is 2.46. The van der Waals surface area contributed by atoms with Crippen LogP contribution in [0.5, 0.6) is 0 Å². The third-order valence-corrected chi connectivity index (χ3v) is 20.8. The van der Waals surface area contributed by atoms with E-state index in [4.69, 9.17) is 0 Å². The Bertz CT molecular complexity index is 5270. The van der Waals surface area contributed by atoms with Gasteiger partial charge in [0.15, 0.2) is 0 Å². The van der Waals surface area contributed by atoms with Crippen LogP contribution in [0.25, 0.3) is 66.8 Å². The lowest BCUT2D eigenvalue weighted by Gasteiger charge is -2.29. The Labute approximate surface area is 648 Å². The van der Waals surface area contributed by atoms with Crippen molar-refractivity contribution in [2.24, 2.45) is 0 Å². The van der Waals surface area contributed by atoms with Crippen LogP contribution in [0.3, 0.4) is 0 Å². The summed E-state index contributed by atoms with van der Waals surface area (Å²) in [5.41, 5.74) is 22.6. The van der Waals surface area contributed by atoms with E-state index < -0.39 is 0 Å². The molecule has 0 aliphatic carbocycles. The van der Waals surface area contributed by atoms with Crippen molar-refractivity contribution < 1.29 is 0 Å². The van der Waals surface area contributed by atoms with Crippen LogP contribution in [0.15, 0.2) is 272 Å². The van der Waals surface area contributed by atoms with Gasteiger partial charge < -0.3 is 29.8 Å². The second-order valence-corrected chi connectivity index (χ2v) is 27.0. The van der Waals surface area contributed by atoms with E-state index in [1.54, 1.807) is 11.8 Å². The summed E-state index contributed by atoms with van der Waals surface area (Å²) in [5, 5.41) is 65.1. The Balaban J connectivity index is 0.000000163. The van der Waals surface area contributed by atoms with Crippen molar-refractivity contribution in [3.05, 3.63) is 300 Å². The average Bonchev–Trinajstić information content (AvgIpc) is 0.772. The maximum absolute atomic E-state index is 10.4. The maximum atomic E-state index is 10.4. The van der Waals surface area contributed by atoms with Crippen LogP contribution in [0, 0.1) is 68.0 Å². The van der Waals surface area contributed by atoms with E-state index in [1.807, 2.05) is 184 Å². The molecule has 1 fully saturated rings. The zero-order chi connectivity index (χ0) is 76.6. The molecule has 12 aromatic carbocycles. The number of piperidine rings is 1. The Morgan fingerprint density at radius 1 is 0.312 bits per heavy atom. The largest absolute Gasteiger partial charge is 0.372 e. The number of benzene rings is 12. The summed E-state index contributed by atoms with van der Waals surface area (Å²) in [4.78, 5) is 12.2. The van der Waals surface area contributed by atoms with E-state index in [-0.39, 0.29) is 0 Å². The van der Waals surface area contributed by atoms with Gasteiger partial charge in [0.1, 0.15) is 36.4 Å². The molecule has 12 nitrogen and oxygen atoms in total. The molecule has 0 aromatic heterocycles. The number of nitrogens with zero attached hydrogens (tertiary/aromatic N) is 11. The lowest BCUT2D eigenvalue weighted by Crippen LogP contribution is -2.29. The Morgan fingerprint density at radius 3 is 0.853 bits per heavy atom. The first-order valence-corrected chi connectivity index (χ1v) is 38.6. The highest BCUT2D eigenvalue weighted by Gasteiger charge is 2.28. The summed E-state index contributed by atoms with van der Waals surface area (Å²) in [6.07, 6.45) is 5.85. The third-order valence-electron chi connectivity index (χ3n) is 20.0. The fourth-order valence-electron chi connectivity index (χ4n) is 14.4. The minimum Gasteiger partial charge on any atom is -0.372 e. The molecule has 0 bridgehead atoms. The van der Waals surface area contributed by atoms with Crippen molar-refractivity contribution >= 4 is 62.9 Å². The van der Waals surface area contributed by atoms with Crippen molar-refractivity contribution in [1.29, 1.82) is 31.6 Å². The van der Waals surface area contributed by atoms with Gasteiger partial charge in [-0.1, -0.05) is 164 Å². The van der Waals surface area contributed by atoms with Crippen LogP contribution < -0.4 is 29.8 Å². The van der Waals surface area contributed by atoms with E-state index in [9.17, 15) is 31.6 Å². The van der Waals surface area contributed by atoms with Crippen molar-refractivity contribution in [2.75, 3.05) is 88.4 Å². The van der Waals surface area contributed by atoms with Crippen LogP contribution in [0.2, 0.25) is 0 Å². The molecule has 1 aliphatic rings. The fourth-order valence-corrected chi connectivity index (χ4v) is 14.9. The van der Waals surface area contributed by atoms with Gasteiger partial charge in [-0.05, 0) is 204 Å². The van der Waals surface area contributed by atoms with E-state index in [2.05, 4.69) is 197 Å². The first kappa shape index (κ1) is 76.8. The molecule has 0 saturated carbocycles. The van der Waals surface area contributed by atoms with Gasteiger partial charge in [0.2, 0.25) is 0 Å². The molecule has 0 atom stereocenters. The van der Waals surface area contributed by atoms with E-state index in [0.717, 1.165) is 127 Å². The number of hydrogen-bond donors (Lipinski definition) is 1. The Hall–Kier alpha value is -13.3. The maximum Gasteiger partial charge on any atom is 0.102 e. The predicted octanol–water partition coefficient (Wildman–Crippen LogP) is 23.8. The molecular formula is C96H88N12S. The van der Waals surface area contributed by atoms with Crippen molar-refractivity contribution in [3.63, 3.8) is 0 Å². The van der Waals surface area contributed by atoms with Crippen LogP contribution in [0.1, 0.15) is 94.2 Å². The minimum atomic E-state index is 0.524.